The summed E-state index contributed by atoms with van der Waals surface area (Å²) in [5.74, 6) is 0.518. The smallest absolute Gasteiger partial charge is 0.251 e. The Morgan fingerprint density at radius 3 is 2.73 bits per heavy atom. The number of aryl methyl sites for hydroxylation is 1. The number of aromatic nitrogens is 2. The zero-order valence-electron chi connectivity index (χ0n) is 16.9. The molecule has 0 bridgehead atoms. The Labute approximate surface area is 175 Å². The maximum atomic E-state index is 12.7. The third-order valence-corrected chi connectivity index (χ3v) is 5.02. The summed E-state index contributed by atoms with van der Waals surface area (Å²) in [6, 6.07) is 17.0. The van der Waals surface area contributed by atoms with Crippen LogP contribution in [-0.2, 0) is 24.4 Å². The van der Waals surface area contributed by atoms with Crippen LogP contribution in [0.5, 0.6) is 5.75 Å². The standard InChI is InChI=1S/C23H24N4O3/c1-17-9-10-27(25-17)16-22(28)26-11-12-30-21-8-7-19(13-20(21)15-26)23(29)24-14-18-5-3-2-4-6-18/h2-10,13H,11-12,14-16H2,1H3,(H,24,29). The molecule has 2 aromatic carbocycles. The second-order valence-electron chi connectivity index (χ2n) is 7.31. The van der Waals surface area contributed by atoms with Crippen LogP contribution in [0, 0.1) is 6.92 Å². The summed E-state index contributed by atoms with van der Waals surface area (Å²) in [7, 11) is 0. The minimum absolute atomic E-state index is 0.0338. The zero-order chi connectivity index (χ0) is 20.9. The summed E-state index contributed by atoms with van der Waals surface area (Å²) >= 11 is 0. The number of carbonyl (C=O) groups excluding carboxylic acids is 2. The number of amides is 2. The summed E-state index contributed by atoms with van der Waals surface area (Å²) in [6.45, 7) is 3.83. The lowest BCUT2D eigenvalue weighted by Gasteiger charge is -2.20. The molecule has 4 rings (SSSR count). The molecule has 1 aliphatic heterocycles. The highest BCUT2D eigenvalue weighted by atomic mass is 16.5. The van der Waals surface area contributed by atoms with Gasteiger partial charge in [-0.15, -0.1) is 0 Å². The Kier molecular flexibility index (Phi) is 5.79. The third kappa shape index (κ3) is 4.68. The van der Waals surface area contributed by atoms with Gasteiger partial charge < -0.3 is 15.0 Å². The van der Waals surface area contributed by atoms with E-state index in [9.17, 15) is 9.59 Å². The number of carbonyl (C=O) groups is 2. The molecular formula is C23H24N4O3. The highest BCUT2D eigenvalue weighted by Crippen LogP contribution is 2.24. The number of benzene rings is 2. The first-order valence-electron chi connectivity index (χ1n) is 9.94. The van der Waals surface area contributed by atoms with Crippen molar-refractivity contribution in [2.24, 2.45) is 0 Å². The zero-order valence-corrected chi connectivity index (χ0v) is 16.9. The first-order chi connectivity index (χ1) is 14.6. The Balaban J connectivity index is 1.44. The maximum Gasteiger partial charge on any atom is 0.251 e. The van der Waals surface area contributed by atoms with E-state index in [-0.39, 0.29) is 18.4 Å². The number of ether oxygens (including phenoxy) is 1. The first-order valence-corrected chi connectivity index (χ1v) is 9.94. The van der Waals surface area contributed by atoms with Crippen molar-refractivity contribution in [2.45, 2.75) is 26.6 Å². The number of rotatable bonds is 5. The van der Waals surface area contributed by atoms with Gasteiger partial charge in [0.05, 0.1) is 12.2 Å². The molecule has 30 heavy (non-hydrogen) atoms. The van der Waals surface area contributed by atoms with E-state index in [1.54, 1.807) is 34.0 Å². The molecule has 1 aromatic heterocycles. The minimum Gasteiger partial charge on any atom is -0.491 e. The molecule has 0 radical (unpaired) electrons. The molecule has 7 heteroatoms. The Morgan fingerprint density at radius 2 is 1.97 bits per heavy atom. The number of hydrogen-bond acceptors (Lipinski definition) is 4. The quantitative estimate of drug-likeness (QED) is 0.709. The van der Waals surface area contributed by atoms with Gasteiger partial charge in [0.15, 0.2) is 0 Å². The number of fused-ring (bicyclic) bond motifs is 1. The van der Waals surface area contributed by atoms with Crippen molar-refractivity contribution in [3.63, 3.8) is 0 Å². The van der Waals surface area contributed by atoms with Gasteiger partial charge in [-0.1, -0.05) is 30.3 Å². The molecular weight excluding hydrogens is 380 g/mol. The van der Waals surface area contributed by atoms with Gasteiger partial charge in [-0.05, 0) is 36.8 Å². The fourth-order valence-electron chi connectivity index (χ4n) is 3.42. The highest BCUT2D eigenvalue weighted by molar-refractivity contribution is 5.94. The van der Waals surface area contributed by atoms with E-state index in [2.05, 4.69) is 10.4 Å². The SMILES string of the molecule is Cc1ccn(CC(=O)N2CCOc3ccc(C(=O)NCc4ccccc4)cc3C2)n1. The summed E-state index contributed by atoms with van der Waals surface area (Å²) in [6.07, 6.45) is 1.80. The average molecular weight is 404 g/mol. The topological polar surface area (TPSA) is 76.5 Å². The molecule has 0 saturated carbocycles. The lowest BCUT2D eigenvalue weighted by molar-refractivity contribution is -0.132. The van der Waals surface area contributed by atoms with Crippen LogP contribution in [0.25, 0.3) is 0 Å². The molecule has 0 fully saturated rings. The molecule has 0 spiro atoms. The molecule has 7 nitrogen and oxygen atoms in total. The van der Waals surface area contributed by atoms with Crippen molar-refractivity contribution in [1.82, 2.24) is 20.0 Å². The van der Waals surface area contributed by atoms with Gasteiger partial charge >= 0.3 is 0 Å². The largest absolute Gasteiger partial charge is 0.491 e. The summed E-state index contributed by atoms with van der Waals surface area (Å²) in [5.41, 5.74) is 3.28. The lowest BCUT2D eigenvalue weighted by Crippen LogP contribution is -2.35. The minimum atomic E-state index is -0.157. The van der Waals surface area contributed by atoms with Crippen molar-refractivity contribution in [1.29, 1.82) is 0 Å². The molecule has 2 heterocycles. The van der Waals surface area contributed by atoms with Crippen LogP contribution in [-0.4, -0.2) is 39.6 Å². The van der Waals surface area contributed by atoms with Gasteiger partial charge in [-0.25, -0.2) is 0 Å². The van der Waals surface area contributed by atoms with Crippen LogP contribution in [0.4, 0.5) is 0 Å². The van der Waals surface area contributed by atoms with Crippen LogP contribution >= 0.6 is 0 Å². The summed E-state index contributed by atoms with van der Waals surface area (Å²) in [4.78, 5) is 27.1. The van der Waals surface area contributed by atoms with Crippen molar-refractivity contribution in [3.05, 3.63) is 83.2 Å². The van der Waals surface area contributed by atoms with Gasteiger partial charge in [0.1, 0.15) is 18.9 Å². The van der Waals surface area contributed by atoms with E-state index < -0.39 is 0 Å². The Morgan fingerprint density at radius 1 is 1.13 bits per heavy atom. The molecule has 1 N–H and O–H groups in total. The molecule has 0 atom stereocenters. The van der Waals surface area contributed by atoms with Crippen LogP contribution < -0.4 is 10.1 Å². The monoisotopic (exact) mass is 404 g/mol. The van der Waals surface area contributed by atoms with Gasteiger partial charge in [0.2, 0.25) is 5.91 Å². The van der Waals surface area contributed by atoms with Gasteiger partial charge in [-0.2, -0.15) is 5.10 Å². The van der Waals surface area contributed by atoms with E-state index in [4.69, 9.17) is 4.74 Å². The average Bonchev–Trinajstić information content (AvgIpc) is 3.04. The third-order valence-electron chi connectivity index (χ3n) is 5.02. The van der Waals surface area contributed by atoms with Crippen LogP contribution in [0.3, 0.4) is 0 Å². The van der Waals surface area contributed by atoms with Gasteiger partial charge in [0, 0.05) is 30.4 Å². The summed E-state index contributed by atoms with van der Waals surface area (Å²) in [5, 5.41) is 7.22. The second-order valence-corrected chi connectivity index (χ2v) is 7.31. The van der Waals surface area contributed by atoms with Crippen molar-refractivity contribution in [3.8, 4) is 5.75 Å². The summed E-state index contributed by atoms with van der Waals surface area (Å²) < 4.78 is 7.44. The van der Waals surface area contributed by atoms with Gasteiger partial charge in [0.25, 0.3) is 5.91 Å². The maximum absolute atomic E-state index is 12.7. The molecule has 3 aromatic rings. The van der Waals surface area contributed by atoms with Gasteiger partial charge in [-0.3, -0.25) is 14.3 Å². The van der Waals surface area contributed by atoms with Crippen molar-refractivity contribution >= 4 is 11.8 Å². The normalized spacial score (nSPS) is 13.2. The van der Waals surface area contributed by atoms with Crippen molar-refractivity contribution in [2.75, 3.05) is 13.2 Å². The molecule has 154 valence electrons. The van der Waals surface area contributed by atoms with Crippen LogP contribution in [0.2, 0.25) is 0 Å². The lowest BCUT2D eigenvalue weighted by atomic mass is 10.1. The van der Waals surface area contributed by atoms with E-state index >= 15 is 0 Å². The predicted octanol–water partition coefficient (Wildman–Crippen LogP) is 2.54. The Hall–Kier alpha value is -3.61. The first kappa shape index (κ1) is 19.7. The second kappa shape index (κ2) is 8.82. The predicted molar refractivity (Wildman–Crippen MR) is 112 cm³/mol. The molecule has 2 amide bonds. The molecule has 0 unspecified atom stereocenters. The molecule has 0 saturated heterocycles. The fourth-order valence-corrected chi connectivity index (χ4v) is 3.42. The number of hydrogen-bond donors (Lipinski definition) is 1. The van der Waals surface area contributed by atoms with E-state index in [1.165, 1.54) is 0 Å². The van der Waals surface area contributed by atoms with E-state index in [0.717, 1.165) is 16.8 Å². The van der Waals surface area contributed by atoms with Crippen molar-refractivity contribution < 1.29 is 14.3 Å². The Bertz CT molecular complexity index is 1050. The number of nitrogens with one attached hydrogen (secondary N) is 1. The fraction of sp³-hybridized carbons (Fsp3) is 0.261. The van der Waals surface area contributed by atoms with Crippen LogP contribution in [0.15, 0.2) is 60.8 Å². The molecule has 1 aliphatic rings. The number of nitrogens with zero attached hydrogens (tertiary/aromatic N) is 3. The molecule has 0 aliphatic carbocycles. The highest BCUT2D eigenvalue weighted by Gasteiger charge is 2.21. The van der Waals surface area contributed by atoms with E-state index in [0.29, 0.717) is 37.6 Å². The van der Waals surface area contributed by atoms with E-state index in [1.807, 2.05) is 43.3 Å². The van der Waals surface area contributed by atoms with Crippen LogP contribution in [0.1, 0.15) is 27.2 Å².